The van der Waals surface area contributed by atoms with E-state index in [4.69, 9.17) is 4.74 Å². The number of hydrogen-bond donors (Lipinski definition) is 1. The van der Waals surface area contributed by atoms with Crippen molar-refractivity contribution in [2.75, 3.05) is 12.0 Å². The maximum atomic E-state index is 12.2. The highest BCUT2D eigenvalue weighted by Crippen LogP contribution is 2.28. The van der Waals surface area contributed by atoms with Crippen LogP contribution in [0.4, 0.5) is 18.3 Å². The maximum Gasteiger partial charge on any atom is 0.573 e. The van der Waals surface area contributed by atoms with Crippen molar-refractivity contribution in [3.8, 4) is 5.75 Å². The van der Waals surface area contributed by atoms with Crippen LogP contribution < -0.4 is 10.2 Å². The highest BCUT2D eigenvalue weighted by atomic mass is 127. The molecule has 0 bridgehead atoms. The Morgan fingerprint density at radius 3 is 2.88 bits per heavy atom. The number of esters is 1. The third kappa shape index (κ3) is 6.78. The molecular weight excluding hydrogens is 486 g/mol. The van der Waals surface area contributed by atoms with Crippen LogP contribution in [0.3, 0.4) is 0 Å². The molecule has 0 radical (unpaired) electrons. The summed E-state index contributed by atoms with van der Waals surface area (Å²) in [4.78, 5) is 15.6. The molecule has 0 aliphatic heterocycles. The van der Waals surface area contributed by atoms with Gasteiger partial charge in [0.2, 0.25) is 5.13 Å². The number of nitrogens with zero attached hydrogens (tertiary/aromatic N) is 2. The summed E-state index contributed by atoms with van der Waals surface area (Å²) in [6.45, 7) is 2.04. The van der Waals surface area contributed by atoms with E-state index in [0.29, 0.717) is 26.6 Å². The third-order valence-electron chi connectivity index (χ3n) is 2.74. The molecule has 11 heteroatoms. The molecular formula is C15H13F3IN3O3S. The predicted molar refractivity (Wildman–Crippen MR) is 99.5 cm³/mol. The van der Waals surface area contributed by atoms with Crippen molar-refractivity contribution < 1.29 is 27.4 Å². The minimum Gasteiger partial charge on any atom is -0.466 e. The van der Waals surface area contributed by atoms with Gasteiger partial charge in [0.15, 0.2) is 0 Å². The van der Waals surface area contributed by atoms with Crippen LogP contribution in [0.1, 0.15) is 18.2 Å². The Labute approximate surface area is 164 Å². The first-order valence-corrected chi connectivity index (χ1v) is 9.17. The highest BCUT2D eigenvalue weighted by Gasteiger charge is 2.31. The monoisotopic (exact) mass is 499 g/mol. The van der Waals surface area contributed by atoms with Gasteiger partial charge in [-0.1, -0.05) is 0 Å². The molecule has 1 heterocycles. The average Bonchev–Trinajstić information content (AvgIpc) is 2.96. The first-order chi connectivity index (χ1) is 12.3. The van der Waals surface area contributed by atoms with Gasteiger partial charge in [-0.15, -0.1) is 24.5 Å². The fourth-order valence-corrected chi connectivity index (χ4v) is 3.07. The Bertz CT molecular complexity index is 796. The molecule has 0 unspecified atom stereocenters. The van der Waals surface area contributed by atoms with Crippen LogP contribution in [0.25, 0.3) is 0 Å². The van der Waals surface area contributed by atoms with E-state index in [2.05, 4.69) is 20.2 Å². The zero-order valence-corrected chi connectivity index (χ0v) is 16.3. The Kier molecular flexibility index (Phi) is 7.20. The second-order valence-corrected chi connectivity index (χ2v) is 6.75. The van der Waals surface area contributed by atoms with E-state index < -0.39 is 6.36 Å². The lowest BCUT2D eigenvalue weighted by Crippen LogP contribution is -2.17. The van der Waals surface area contributed by atoms with Crippen LogP contribution in [0.15, 0.2) is 28.7 Å². The number of alkyl halides is 3. The number of aromatic nitrogens is 1. The molecule has 0 amide bonds. The Balaban J connectivity index is 1.93. The summed E-state index contributed by atoms with van der Waals surface area (Å²) in [5.41, 5.74) is 3.85. The average molecular weight is 499 g/mol. The van der Waals surface area contributed by atoms with Crippen molar-refractivity contribution in [3.63, 3.8) is 0 Å². The molecule has 1 aromatic carbocycles. The number of halogens is 4. The maximum absolute atomic E-state index is 12.2. The molecule has 0 saturated heterocycles. The molecule has 0 spiro atoms. The molecule has 0 aliphatic carbocycles. The number of carbonyl (C=O) groups is 1. The number of benzene rings is 1. The number of nitrogens with one attached hydrogen (secondary N) is 1. The predicted octanol–water partition coefficient (Wildman–Crippen LogP) is 4.20. The van der Waals surface area contributed by atoms with E-state index in [1.165, 1.54) is 35.8 Å². The second kappa shape index (κ2) is 9.16. The van der Waals surface area contributed by atoms with Gasteiger partial charge in [0.1, 0.15) is 5.75 Å². The van der Waals surface area contributed by atoms with Crippen LogP contribution in [-0.2, 0) is 16.0 Å². The summed E-state index contributed by atoms with van der Waals surface area (Å²) < 4.78 is 45.8. The molecule has 26 heavy (non-hydrogen) atoms. The summed E-state index contributed by atoms with van der Waals surface area (Å²) in [5.74, 6) is -0.629. The summed E-state index contributed by atoms with van der Waals surface area (Å²) in [5, 5.41) is 6.16. The molecule has 0 fully saturated rings. The van der Waals surface area contributed by atoms with Gasteiger partial charge < -0.3 is 9.47 Å². The van der Waals surface area contributed by atoms with Gasteiger partial charge in [-0.05, 0) is 53.3 Å². The van der Waals surface area contributed by atoms with Crippen LogP contribution >= 0.6 is 33.9 Å². The molecule has 6 nitrogen and oxygen atoms in total. The number of hydrogen-bond acceptors (Lipinski definition) is 7. The zero-order valence-electron chi connectivity index (χ0n) is 13.3. The first kappa shape index (κ1) is 20.4. The molecule has 2 aromatic rings. The largest absolute Gasteiger partial charge is 0.573 e. The van der Waals surface area contributed by atoms with Crippen molar-refractivity contribution in [3.05, 3.63) is 38.4 Å². The minimum atomic E-state index is -4.73. The number of ether oxygens (including phenoxy) is 2. The second-order valence-electron chi connectivity index (χ2n) is 4.73. The van der Waals surface area contributed by atoms with Crippen LogP contribution in [0, 0.1) is 3.57 Å². The fourth-order valence-electron chi connectivity index (χ4n) is 1.77. The van der Waals surface area contributed by atoms with Gasteiger partial charge >= 0.3 is 12.3 Å². The molecule has 0 aliphatic rings. The fraction of sp³-hybridized carbons (Fsp3) is 0.267. The van der Waals surface area contributed by atoms with Gasteiger partial charge in [0.25, 0.3) is 0 Å². The topological polar surface area (TPSA) is 72.8 Å². The van der Waals surface area contributed by atoms with E-state index in [0.717, 1.165) is 0 Å². The number of anilines is 1. The van der Waals surface area contributed by atoms with Crippen molar-refractivity contribution >= 4 is 51.2 Å². The summed E-state index contributed by atoms with van der Waals surface area (Å²) in [6.07, 6.45) is -3.22. The first-order valence-electron chi connectivity index (χ1n) is 7.21. The molecule has 1 aromatic heterocycles. The Morgan fingerprint density at radius 1 is 1.46 bits per heavy atom. The Hall–Kier alpha value is -1.89. The lowest BCUT2D eigenvalue weighted by molar-refractivity contribution is -0.274. The molecule has 1 N–H and O–H groups in total. The number of rotatable bonds is 7. The third-order valence-corrected chi connectivity index (χ3v) is 4.38. The quantitative estimate of drug-likeness (QED) is 0.268. The van der Waals surface area contributed by atoms with Crippen LogP contribution in [-0.4, -0.2) is 30.1 Å². The van der Waals surface area contributed by atoms with Crippen molar-refractivity contribution in [1.29, 1.82) is 0 Å². The standard InChI is InChI=1S/C15H13F3IN3O3S/c1-2-24-13(23)6-10-8-26-14(21-10)22-20-7-9-3-4-12(11(19)5-9)25-15(16,17)18/h3-5,7-8H,2,6H2,1H3,(H,21,22). The lowest BCUT2D eigenvalue weighted by Gasteiger charge is -2.10. The minimum absolute atomic E-state index is 0.0780. The summed E-state index contributed by atoms with van der Waals surface area (Å²) in [7, 11) is 0. The van der Waals surface area contributed by atoms with Gasteiger partial charge in [0, 0.05) is 5.38 Å². The van der Waals surface area contributed by atoms with E-state index in [-0.39, 0.29) is 18.1 Å². The van der Waals surface area contributed by atoms with Crippen molar-refractivity contribution in [2.24, 2.45) is 5.10 Å². The van der Waals surface area contributed by atoms with E-state index in [1.54, 1.807) is 34.9 Å². The highest BCUT2D eigenvalue weighted by molar-refractivity contribution is 14.1. The molecule has 0 atom stereocenters. The van der Waals surface area contributed by atoms with E-state index in [1.807, 2.05) is 0 Å². The molecule has 140 valence electrons. The normalized spacial score (nSPS) is 11.6. The lowest BCUT2D eigenvalue weighted by atomic mass is 10.2. The van der Waals surface area contributed by atoms with E-state index in [9.17, 15) is 18.0 Å². The zero-order chi connectivity index (χ0) is 19.2. The summed E-state index contributed by atoms with van der Waals surface area (Å²) >= 11 is 3.02. The number of carbonyl (C=O) groups excluding carboxylic acids is 1. The van der Waals surface area contributed by atoms with Crippen LogP contribution in [0.5, 0.6) is 5.75 Å². The van der Waals surface area contributed by atoms with Crippen molar-refractivity contribution in [2.45, 2.75) is 19.7 Å². The van der Waals surface area contributed by atoms with Crippen LogP contribution in [0.2, 0.25) is 0 Å². The SMILES string of the molecule is CCOC(=O)Cc1csc(NN=Cc2ccc(OC(F)(F)F)c(I)c2)n1. The number of hydrazone groups is 1. The van der Waals surface area contributed by atoms with Crippen molar-refractivity contribution in [1.82, 2.24) is 4.98 Å². The Morgan fingerprint density at radius 2 is 2.23 bits per heavy atom. The molecule has 2 rings (SSSR count). The van der Waals surface area contributed by atoms with Gasteiger partial charge in [-0.25, -0.2) is 4.98 Å². The van der Waals surface area contributed by atoms with Gasteiger partial charge in [0.05, 0.1) is 28.5 Å². The number of thiazole rings is 1. The molecule has 0 saturated carbocycles. The smallest absolute Gasteiger partial charge is 0.466 e. The van der Waals surface area contributed by atoms with Gasteiger partial charge in [-0.2, -0.15) is 5.10 Å². The van der Waals surface area contributed by atoms with E-state index >= 15 is 0 Å². The van der Waals surface area contributed by atoms with Gasteiger partial charge in [-0.3, -0.25) is 10.2 Å². The summed E-state index contributed by atoms with van der Waals surface area (Å²) in [6, 6.07) is 4.17.